The van der Waals surface area contributed by atoms with Crippen molar-refractivity contribution < 1.29 is 36.7 Å². The summed E-state index contributed by atoms with van der Waals surface area (Å²) < 4.78 is 57.0. The summed E-state index contributed by atoms with van der Waals surface area (Å²) in [5.41, 5.74) is 0.582. The second-order valence-electron chi connectivity index (χ2n) is 5.34. The Labute approximate surface area is 156 Å². The molecule has 3 rings (SSSR count). The van der Waals surface area contributed by atoms with E-state index in [0.717, 1.165) is 12.1 Å². The van der Waals surface area contributed by atoms with Crippen LogP contribution in [-0.2, 0) is 11.3 Å². The molecule has 7 nitrogen and oxygen atoms in total. The maximum absolute atomic E-state index is 12.9. The normalized spacial score (nSPS) is 10.8. The van der Waals surface area contributed by atoms with Gasteiger partial charge in [-0.2, -0.15) is 13.8 Å². The Hall–Kier alpha value is -3.56. The molecule has 0 saturated carbocycles. The van der Waals surface area contributed by atoms with E-state index in [0.29, 0.717) is 5.56 Å². The van der Waals surface area contributed by atoms with E-state index in [2.05, 4.69) is 14.9 Å². The number of halogens is 3. The molecule has 146 valence electrons. The average Bonchev–Trinajstić information content (AvgIpc) is 3.15. The fraction of sp³-hybridized carbons (Fsp3) is 0.167. The summed E-state index contributed by atoms with van der Waals surface area (Å²) >= 11 is 0. The highest BCUT2D eigenvalue weighted by molar-refractivity contribution is 5.89. The fourth-order valence-corrected chi connectivity index (χ4v) is 2.23. The summed E-state index contributed by atoms with van der Waals surface area (Å²) in [4.78, 5) is 16.0. The minimum absolute atomic E-state index is 0.0114. The summed E-state index contributed by atoms with van der Waals surface area (Å²) in [7, 11) is 1.30. The van der Waals surface area contributed by atoms with Crippen molar-refractivity contribution in [3.8, 4) is 22.9 Å². The van der Waals surface area contributed by atoms with Crippen LogP contribution in [0.25, 0.3) is 11.4 Å². The molecule has 0 radical (unpaired) electrons. The molecule has 0 fully saturated rings. The summed E-state index contributed by atoms with van der Waals surface area (Å²) in [6.45, 7) is -3.29. The van der Waals surface area contributed by atoms with Gasteiger partial charge in [-0.05, 0) is 42.5 Å². The van der Waals surface area contributed by atoms with E-state index in [-0.39, 0.29) is 35.4 Å². The Bertz CT molecular complexity index is 960. The summed E-state index contributed by atoms with van der Waals surface area (Å²) in [6, 6.07) is 8.96. The van der Waals surface area contributed by atoms with Crippen LogP contribution in [-0.4, -0.2) is 29.8 Å². The molecule has 0 spiro atoms. The van der Waals surface area contributed by atoms with Gasteiger partial charge < -0.3 is 18.7 Å². The summed E-state index contributed by atoms with van der Waals surface area (Å²) in [5, 5.41) is 3.74. The van der Waals surface area contributed by atoms with Crippen LogP contribution in [0.3, 0.4) is 0 Å². The highest BCUT2D eigenvalue weighted by Crippen LogP contribution is 2.32. The van der Waals surface area contributed by atoms with Crippen LogP contribution >= 0.6 is 0 Å². The van der Waals surface area contributed by atoms with Crippen LogP contribution < -0.4 is 9.47 Å². The van der Waals surface area contributed by atoms with Crippen LogP contribution in [0.5, 0.6) is 11.5 Å². The lowest BCUT2D eigenvalue weighted by molar-refractivity contribution is -0.0512. The molecule has 0 amide bonds. The summed E-state index contributed by atoms with van der Waals surface area (Å²) in [5.74, 6) is -1.09. The monoisotopic (exact) mass is 394 g/mol. The topological polar surface area (TPSA) is 83.7 Å². The Morgan fingerprint density at radius 1 is 1.14 bits per heavy atom. The molecule has 0 saturated heterocycles. The zero-order valence-electron chi connectivity index (χ0n) is 14.4. The van der Waals surface area contributed by atoms with Crippen molar-refractivity contribution in [3.05, 3.63) is 59.7 Å². The number of hydrogen-bond acceptors (Lipinski definition) is 7. The lowest BCUT2D eigenvalue weighted by Gasteiger charge is -2.10. The predicted octanol–water partition coefficient (Wildman–Crippen LogP) is 3.84. The molecule has 10 heteroatoms. The molecular formula is C18H13F3N2O5. The molecule has 1 aromatic heterocycles. The van der Waals surface area contributed by atoms with Crippen molar-refractivity contribution in [2.75, 3.05) is 7.11 Å². The van der Waals surface area contributed by atoms with Gasteiger partial charge in [-0.25, -0.2) is 9.18 Å². The number of ether oxygens (including phenoxy) is 3. The second kappa shape index (κ2) is 8.42. The standard InChI is InChI=1S/C18H13F3N2O5/c1-25-14-8-11(4-7-13(14)27-18(20)21)16-22-15(28-23-16)9-26-17(24)10-2-5-12(19)6-3-10/h2-8,18H,9H2,1H3. The van der Waals surface area contributed by atoms with E-state index in [4.69, 9.17) is 14.0 Å². The largest absolute Gasteiger partial charge is 0.493 e. The lowest BCUT2D eigenvalue weighted by Crippen LogP contribution is -2.05. The Kier molecular flexibility index (Phi) is 5.78. The predicted molar refractivity (Wildman–Crippen MR) is 88.4 cm³/mol. The van der Waals surface area contributed by atoms with Gasteiger partial charge in [-0.1, -0.05) is 5.16 Å². The van der Waals surface area contributed by atoms with Gasteiger partial charge in [0.1, 0.15) is 5.82 Å². The number of hydrogen-bond donors (Lipinski definition) is 0. The third-order valence-electron chi connectivity index (χ3n) is 3.51. The Balaban J connectivity index is 1.68. The number of benzene rings is 2. The first-order valence-corrected chi connectivity index (χ1v) is 7.85. The Morgan fingerprint density at radius 3 is 2.57 bits per heavy atom. The first kappa shape index (κ1) is 19.2. The van der Waals surface area contributed by atoms with Crippen LogP contribution in [0, 0.1) is 5.82 Å². The molecule has 0 bridgehead atoms. The van der Waals surface area contributed by atoms with Gasteiger partial charge >= 0.3 is 12.6 Å². The molecule has 0 aliphatic carbocycles. The van der Waals surface area contributed by atoms with Crippen LogP contribution in [0.4, 0.5) is 13.2 Å². The van der Waals surface area contributed by atoms with Gasteiger partial charge in [0.2, 0.25) is 5.82 Å². The number of rotatable bonds is 7. The van der Waals surface area contributed by atoms with E-state index in [1.54, 1.807) is 0 Å². The van der Waals surface area contributed by atoms with Crippen LogP contribution in [0.15, 0.2) is 47.0 Å². The molecule has 0 atom stereocenters. The SMILES string of the molecule is COc1cc(-c2noc(COC(=O)c3ccc(F)cc3)n2)ccc1OC(F)F. The highest BCUT2D eigenvalue weighted by atomic mass is 19.3. The maximum atomic E-state index is 12.9. The highest BCUT2D eigenvalue weighted by Gasteiger charge is 2.16. The molecule has 0 N–H and O–H groups in total. The van der Waals surface area contributed by atoms with Crippen molar-refractivity contribution in [2.45, 2.75) is 13.2 Å². The third-order valence-corrected chi connectivity index (χ3v) is 3.51. The van der Waals surface area contributed by atoms with Crippen molar-refractivity contribution >= 4 is 5.97 Å². The van der Waals surface area contributed by atoms with E-state index < -0.39 is 18.4 Å². The van der Waals surface area contributed by atoms with Gasteiger partial charge in [-0.3, -0.25) is 0 Å². The first-order chi connectivity index (χ1) is 13.5. The average molecular weight is 394 g/mol. The lowest BCUT2D eigenvalue weighted by atomic mass is 10.2. The first-order valence-electron chi connectivity index (χ1n) is 7.85. The molecule has 1 heterocycles. The van der Waals surface area contributed by atoms with Crippen molar-refractivity contribution in [3.63, 3.8) is 0 Å². The van der Waals surface area contributed by atoms with Crippen molar-refractivity contribution in [1.29, 1.82) is 0 Å². The third kappa shape index (κ3) is 4.58. The molecule has 2 aromatic carbocycles. The fourth-order valence-electron chi connectivity index (χ4n) is 2.23. The van der Waals surface area contributed by atoms with Gasteiger partial charge in [0.05, 0.1) is 12.7 Å². The van der Waals surface area contributed by atoms with Gasteiger partial charge in [-0.15, -0.1) is 0 Å². The van der Waals surface area contributed by atoms with Crippen LogP contribution in [0.1, 0.15) is 16.2 Å². The number of carbonyl (C=O) groups is 1. The van der Waals surface area contributed by atoms with E-state index in [1.807, 2.05) is 0 Å². The number of aromatic nitrogens is 2. The molecule has 0 unspecified atom stereocenters. The molecule has 0 aliphatic heterocycles. The zero-order valence-corrected chi connectivity index (χ0v) is 14.4. The number of esters is 1. The van der Waals surface area contributed by atoms with Crippen LogP contribution in [0.2, 0.25) is 0 Å². The smallest absolute Gasteiger partial charge is 0.387 e. The minimum atomic E-state index is -2.99. The van der Waals surface area contributed by atoms with Crippen molar-refractivity contribution in [1.82, 2.24) is 10.1 Å². The van der Waals surface area contributed by atoms with Gasteiger partial charge in [0.25, 0.3) is 5.89 Å². The number of alkyl halides is 2. The molecule has 3 aromatic rings. The van der Waals surface area contributed by atoms with E-state index in [1.165, 1.54) is 37.4 Å². The summed E-state index contributed by atoms with van der Waals surface area (Å²) in [6.07, 6.45) is 0. The maximum Gasteiger partial charge on any atom is 0.387 e. The molecule has 0 aliphatic rings. The molecule has 28 heavy (non-hydrogen) atoms. The minimum Gasteiger partial charge on any atom is -0.493 e. The quantitative estimate of drug-likeness (QED) is 0.563. The number of nitrogens with zero attached hydrogens (tertiary/aromatic N) is 2. The number of methoxy groups -OCH3 is 1. The number of carbonyl (C=O) groups excluding carboxylic acids is 1. The van der Waals surface area contributed by atoms with Crippen molar-refractivity contribution in [2.24, 2.45) is 0 Å². The Morgan fingerprint density at radius 2 is 1.89 bits per heavy atom. The van der Waals surface area contributed by atoms with Gasteiger partial charge in [0.15, 0.2) is 18.1 Å². The zero-order chi connectivity index (χ0) is 20.1. The van der Waals surface area contributed by atoms with Gasteiger partial charge in [0, 0.05) is 5.56 Å². The molecular weight excluding hydrogens is 381 g/mol. The van der Waals surface area contributed by atoms with E-state index in [9.17, 15) is 18.0 Å². The van der Waals surface area contributed by atoms with E-state index >= 15 is 0 Å². The second-order valence-corrected chi connectivity index (χ2v) is 5.34.